The van der Waals surface area contributed by atoms with Crippen molar-refractivity contribution in [1.82, 2.24) is 10.3 Å². The maximum absolute atomic E-state index is 10.6. The van der Waals surface area contributed by atoms with E-state index in [1.165, 1.54) is 35.2 Å². The molecule has 3 aromatic rings. The van der Waals surface area contributed by atoms with E-state index >= 15 is 0 Å². The molecule has 0 radical (unpaired) electrons. The summed E-state index contributed by atoms with van der Waals surface area (Å²) in [5, 5.41) is 7.13. The summed E-state index contributed by atoms with van der Waals surface area (Å²) in [5.74, 6) is 1.59. The topological polar surface area (TPSA) is 78.5 Å². The van der Waals surface area contributed by atoms with Gasteiger partial charge in [-0.25, -0.2) is 0 Å². The van der Waals surface area contributed by atoms with E-state index in [2.05, 4.69) is 65.3 Å². The lowest BCUT2D eigenvalue weighted by Gasteiger charge is -2.12. The number of nitrogens with one attached hydrogen (secondary N) is 3. The van der Waals surface area contributed by atoms with Gasteiger partial charge in [0, 0.05) is 45.3 Å². The summed E-state index contributed by atoms with van der Waals surface area (Å²) < 4.78 is 5.64. The minimum absolute atomic E-state index is 0.0420. The fourth-order valence-corrected chi connectivity index (χ4v) is 4.20. The number of H-pyrrole nitrogens is 1. The largest absolute Gasteiger partial charge is 0.470 e. The van der Waals surface area contributed by atoms with Crippen LogP contribution in [0.4, 0.5) is 5.69 Å². The number of aromatic amines is 1. The molecule has 5 rings (SSSR count). The molecule has 1 unspecified atom stereocenters. The molecule has 6 nitrogen and oxygen atoms in total. The van der Waals surface area contributed by atoms with Gasteiger partial charge in [0.15, 0.2) is 6.23 Å². The number of hydrogen-bond donors (Lipinski definition) is 3. The predicted molar refractivity (Wildman–Crippen MR) is 155 cm³/mol. The predicted octanol–water partition coefficient (Wildman–Crippen LogP) is 7.78. The van der Waals surface area contributed by atoms with Crippen molar-refractivity contribution >= 4 is 34.4 Å². The van der Waals surface area contributed by atoms with Crippen LogP contribution in [0.2, 0.25) is 0 Å². The van der Waals surface area contributed by atoms with Gasteiger partial charge in [-0.2, -0.15) is 0 Å². The SMILES string of the molecule is C=C(N=C(CC)C1CC1)c1ccc(C)c(NC=O)c1.CC.CC1=CNC(c2ccc3[nH]c(C)cc3c2)O1. The van der Waals surface area contributed by atoms with Gasteiger partial charge >= 0.3 is 0 Å². The van der Waals surface area contributed by atoms with Crippen LogP contribution in [-0.4, -0.2) is 17.1 Å². The number of ether oxygens (including phenoxy) is 1. The number of amides is 1. The van der Waals surface area contributed by atoms with Gasteiger partial charge in [-0.1, -0.05) is 45.5 Å². The van der Waals surface area contributed by atoms with E-state index in [9.17, 15) is 4.79 Å². The Bertz CT molecular complexity index is 1300. The van der Waals surface area contributed by atoms with Crippen LogP contribution in [-0.2, 0) is 9.53 Å². The number of aliphatic imine (C=N–C) groups is 1. The number of anilines is 1. The highest BCUT2D eigenvalue weighted by atomic mass is 16.5. The van der Waals surface area contributed by atoms with Crippen LogP contribution in [0.1, 0.15) is 75.6 Å². The Balaban J connectivity index is 0.000000195. The first-order valence-corrected chi connectivity index (χ1v) is 13.1. The van der Waals surface area contributed by atoms with Crippen LogP contribution in [0.25, 0.3) is 16.6 Å². The summed E-state index contributed by atoms with van der Waals surface area (Å²) in [5.41, 5.74) is 8.33. The summed E-state index contributed by atoms with van der Waals surface area (Å²) in [7, 11) is 0. The average Bonchev–Trinajstić information content (AvgIpc) is 3.54. The number of benzene rings is 2. The fourth-order valence-electron chi connectivity index (χ4n) is 4.20. The first-order chi connectivity index (χ1) is 17.9. The first kappa shape index (κ1) is 27.8. The smallest absolute Gasteiger partial charge is 0.211 e. The number of fused-ring (bicyclic) bond motifs is 1. The number of aryl methyl sites for hydroxylation is 2. The number of allylic oxidation sites excluding steroid dienone is 1. The Morgan fingerprint density at radius 3 is 2.51 bits per heavy atom. The van der Waals surface area contributed by atoms with E-state index in [-0.39, 0.29) is 6.23 Å². The zero-order valence-corrected chi connectivity index (χ0v) is 22.9. The third-order valence-corrected chi connectivity index (χ3v) is 6.30. The van der Waals surface area contributed by atoms with Gasteiger partial charge in [-0.15, -0.1) is 0 Å². The Morgan fingerprint density at radius 2 is 1.89 bits per heavy atom. The molecule has 37 heavy (non-hydrogen) atoms. The van der Waals surface area contributed by atoms with Crippen LogP contribution in [0.15, 0.2) is 66.0 Å². The first-order valence-electron chi connectivity index (χ1n) is 13.1. The highest BCUT2D eigenvalue weighted by Crippen LogP contribution is 2.33. The molecule has 0 spiro atoms. The number of aromatic nitrogens is 1. The van der Waals surface area contributed by atoms with Gasteiger partial charge in [0.05, 0.1) is 5.70 Å². The number of rotatable bonds is 7. The number of carbonyl (C=O) groups excluding carboxylic acids is 1. The summed E-state index contributed by atoms with van der Waals surface area (Å²) in [6.07, 6.45) is 6.04. The molecule has 0 bridgehead atoms. The third-order valence-electron chi connectivity index (χ3n) is 6.30. The molecule has 1 aromatic heterocycles. The van der Waals surface area contributed by atoms with Crippen LogP contribution in [0.3, 0.4) is 0 Å². The van der Waals surface area contributed by atoms with Gasteiger partial charge in [-0.3, -0.25) is 9.79 Å². The van der Waals surface area contributed by atoms with Crippen molar-refractivity contribution in [3.8, 4) is 0 Å². The van der Waals surface area contributed by atoms with Crippen LogP contribution < -0.4 is 10.6 Å². The second-order valence-corrected chi connectivity index (χ2v) is 9.19. The maximum atomic E-state index is 10.6. The second-order valence-electron chi connectivity index (χ2n) is 9.19. The number of carbonyl (C=O) groups is 1. The summed E-state index contributed by atoms with van der Waals surface area (Å²) in [6.45, 7) is 16.2. The number of hydrogen-bond acceptors (Lipinski definition) is 4. The zero-order valence-electron chi connectivity index (χ0n) is 22.9. The minimum Gasteiger partial charge on any atom is -0.470 e. The molecule has 1 amide bonds. The van der Waals surface area contributed by atoms with E-state index < -0.39 is 0 Å². The van der Waals surface area contributed by atoms with Crippen molar-refractivity contribution in [2.45, 2.75) is 67.0 Å². The summed E-state index contributed by atoms with van der Waals surface area (Å²) in [4.78, 5) is 18.5. The third kappa shape index (κ3) is 7.35. The van der Waals surface area contributed by atoms with E-state index in [0.29, 0.717) is 12.3 Å². The summed E-state index contributed by atoms with van der Waals surface area (Å²) >= 11 is 0. The molecule has 6 heteroatoms. The molecule has 1 saturated carbocycles. The minimum atomic E-state index is -0.0420. The van der Waals surface area contributed by atoms with Crippen LogP contribution >= 0.6 is 0 Å². The monoisotopic (exact) mass is 500 g/mol. The van der Waals surface area contributed by atoms with Crippen molar-refractivity contribution in [2.24, 2.45) is 10.9 Å². The van der Waals surface area contributed by atoms with E-state index in [1.807, 2.05) is 52.1 Å². The molecule has 3 N–H and O–H groups in total. The second kappa shape index (κ2) is 12.9. The van der Waals surface area contributed by atoms with Gasteiger partial charge in [0.2, 0.25) is 6.41 Å². The molecule has 2 aromatic carbocycles. The molecular formula is C31H40N4O2. The van der Waals surface area contributed by atoms with Crippen molar-refractivity contribution in [1.29, 1.82) is 0 Å². The van der Waals surface area contributed by atoms with E-state index in [4.69, 9.17) is 4.74 Å². The molecule has 0 saturated heterocycles. The highest BCUT2D eigenvalue weighted by Gasteiger charge is 2.26. The van der Waals surface area contributed by atoms with Crippen molar-refractivity contribution in [2.75, 3.05) is 5.32 Å². The van der Waals surface area contributed by atoms with Crippen molar-refractivity contribution in [3.63, 3.8) is 0 Å². The van der Waals surface area contributed by atoms with Crippen molar-refractivity contribution < 1.29 is 9.53 Å². The molecule has 2 heterocycles. The van der Waals surface area contributed by atoms with Crippen molar-refractivity contribution in [3.05, 3.63) is 83.4 Å². The molecule has 1 aliphatic heterocycles. The standard InChI is InChI=1S/C16H20N2O.C13H14N2O.C2H6/c1-4-15(13-7-8-13)18-12(3)14-6-5-11(2)16(9-14)17-10-19;1-8-5-11-6-10(3-4-12(11)15-8)13-14-7-9(2)16-13;1-2/h5-6,9-10,13H,3-4,7-8H2,1-2H3,(H,17,19);3-7,13-15H,1-2H3;1-2H3. The van der Waals surface area contributed by atoms with E-state index in [0.717, 1.165) is 40.3 Å². The average molecular weight is 501 g/mol. The molecule has 1 fully saturated rings. The quantitative estimate of drug-likeness (QED) is 0.229. The summed E-state index contributed by atoms with van der Waals surface area (Å²) in [6, 6.07) is 14.4. The van der Waals surface area contributed by atoms with Crippen LogP contribution in [0, 0.1) is 19.8 Å². The highest BCUT2D eigenvalue weighted by molar-refractivity contribution is 5.93. The van der Waals surface area contributed by atoms with E-state index in [1.54, 1.807) is 0 Å². The van der Waals surface area contributed by atoms with Crippen LogP contribution in [0.5, 0.6) is 0 Å². The molecular weight excluding hydrogens is 460 g/mol. The fraction of sp³-hybridized carbons (Fsp3) is 0.355. The molecule has 2 aliphatic rings. The Morgan fingerprint density at radius 1 is 1.14 bits per heavy atom. The van der Waals surface area contributed by atoms with Gasteiger partial charge in [-0.05, 0) is 75.8 Å². The maximum Gasteiger partial charge on any atom is 0.211 e. The Labute approximate surface area is 220 Å². The molecule has 1 aliphatic carbocycles. The zero-order chi connectivity index (χ0) is 26.9. The molecule has 1 atom stereocenters. The van der Waals surface area contributed by atoms with Gasteiger partial charge in [0.1, 0.15) is 5.76 Å². The number of nitrogens with zero attached hydrogens (tertiary/aromatic N) is 1. The van der Waals surface area contributed by atoms with Gasteiger partial charge in [0.25, 0.3) is 0 Å². The van der Waals surface area contributed by atoms with Gasteiger partial charge < -0.3 is 20.4 Å². The molecule has 196 valence electrons. The Hall–Kier alpha value is -3.80. The lowest BCUT2D eigenvalue weighted by molar-refractivity contribution is -0.105. The Kier molecular flexibility index (Phi) is 9.72. The lowest BCUT2D eigenvalue weighted by Crippen LogP contribution is -2.11. The normalized spacial score (nSPS) is 16.3. The lowest BCUT2D eigenvalue weighted by atomic mass is 10.1.